The highest BCUT2D eigenvalue weighted by Crippen LogP contribution is 2.39. The largest absolute Gasteiger partial charge is 0.497 e. The van der Waals surface area contributed by atoms with Crippen LogP contribution in [0.2, 0.25) is 0 Å². The van der Waals surface area contributed by atoms with Gasteiger partial charge >= 0.3 is 0 Å². The summed E-state index contributed by atoms with van der Waals surface area (Å²) in [6, 6.07) is 18.0. The third-order valence-corrected chi connectivity index (χ3v) is 6.16. The lowest BCUT2D eigenvalue weighted by atomic mass is 9.97. The summed E-state index contributed by atoms with van der Waals surface area (Å²) in [5.74, 6) is 0.720. The summed E-state index contributed by atoms with van der Waals surface area (Å²) >= 11 is 0. The van der Waals surface area contributed by atoms with Crippen molar-refractivity contribution in [2.75, 3.05) is 30.6 Å². The lowest BCUT2D eigenvalue weighted by Crippen LogP contribution is -2.56. The molecule has 0 spiro atoms. The normalized spacial score (nSPS) is 16.2. The average Bonchev–Trinajstić information content (AvgIpc) is 2.82. The molecule has 1 fully saturated rings. The first-order valence-corrected chi connectivity index (χ1v) is 10.8. The number of hydrogen-bond acceptors (Lipinski definition) is 4. The van der Waals surface area contributed by atoms with Gasteiger partial charge in [0.2, 0.25) is 5.91 Å². The molecule has 3 aromatic rings. The summed E-state index contributed by atoms with van der Waals surface area (Å²) in [4.78, 5) is 30.6. The lowest BCUT2D eigenvalue weighted by Gasteiger charge is -2.41. The van der Waals surface area contributed by atoms with E-state index < -0.39 is 6.04 Å². The monoisotopic (exact) mass is 444 g/mol. The summed E-state index contributed by atoms with van der Waals surface area (Å²) in [5, 5.41) is 0. The number of piperazine rings is 1. The van der Waals surface area contributed by atoms with Crippen LogP contribution in [-0.4, -0.2) is 32.6 Å². The molecule has 6 nitrogen and oxygen atoms in total. The van der Waals surface area contributed by atoms with Crippen LogP contribution in [0.1, 0.15) is 28.3 Å². The fraction of sp³-hybridized carbons (Fsp3) is 0.259. The quantitative estimate of drug-likeness (QED) is 0.570. The van der Waals surface area contributed by atoms with Crippen molar-refractivity contribution in [1.82, 2.24) is 0 Å². The van der Waals surface area contributed by atoms with Crippen molar-refractivity contribution < 1.29 is 19.1 Å². The van der Waals surface area contributed by atoms with Crippen LogP contribution < -0.4 is 19.3 Å². The summed E-state index contributed by atoms with van der Waals surface area (Å²) < 4.78 is 10.8. The summed E-state index contributed by atoms with van der Waals surface area (Å²) in [6.45, 7) is 5.94. The SMILES string of the molecule is COc1ccc(N2CC(=O)N(c3ccc(C)c(C)c3)[C@@H](c3ccc(C)cc3)C2=O)c(OC)c1. The van der Waals surface area contributed by atoms with Crippen molar-refractivity contribution in [2.45, 2.75) is 26.8 Å². The Morgan fingerprint density at radius 2 is 1.55 bits per heavy atom. The van der Waals surface area contributed by atoms with Gasteiger partial charge in [-0.25, -0.2) is 0 Å². The molecule has 1 aliphatic rings. The highest BCUT2D eigenvalue weighted by molar-refractivity contribution is 6.15. The number of anilines is 2. The van der Waals surface area contributed by atoms with E-state index in [1.165, 1.54) is 12.0 Å². The van der Waals surface area contributed by atoms with E-state index in [1.54, 1.807) is 30.2 Å². The molecular formula is C27H28N2O4. The Morgan fingerprint density at radius 1 is 0.818 bits per heavy atom. The molecule has 1 heterocycles. The van der Waals surface area contributed by atoms with E-state index in [1.807, 2.05) is 63.2 Å². The van der Waals surface area contributed by atoms with Crippen LogP contribution in [0.3, 0.4) is 0 Å². The number of carbonyl (C=O) groups excluding carboxylic acids is 2. The lowest BCUT2D eigenvalue weighted by molar-refractivity contribution is -0.128. The third-order valence-electron chi connectivity index (χ3n) is 6.16. The van der Waals surface area contributed by atoms with E-state index >= 15 is 0 Å². The topological polar surface area (TPSA) is 59.1 Å². The van der Waals surface area contributed by atoms with Crippen LogP contribution >= 0.6 is 0 Å². The minimum atomic E-state index is -0.791. The Balaban J connectivity index is 1.83. The van der Waals surface area contributed by atoms with Gasteiger partial charge in [0, 0.05) is 11.8 Å². The second-order valence-electron chi connectivity index (χ2n) is 8.31. The zero-order chi connectivity index (χ0) is 23.7. The first kappa shape index (κ1) is 22.4. The molecule has 0 radical (unpaired) electrons. The predicted octanol–water partition coefficient (Wildman–Crippen LogP) is 4.75. The molecule has 6 heteroatoms. The van der Waals surface area contributed by atoms with E-state index in [-0.39, 0.29) is 18.4 Å². The molecule has 1 aliphatic heterocycles. The Bertz CT molecular complexity index is 1200. The van der Waals surface area contributed by atoms with Gasteiger partial charge in [0.25, 0.3) is 5.91 Å². The summed E-state index contributed by atoms with van der Waals surface area (Å²) in [7, 11) is 3.10. The van der Waals surface area contributed by atoms with Crippen molar-refractivity contribution in [2.24, 2.45) is 0 Å². The molecule has 3 aromatic carbocycles. The number of ether oxygens (including phenoxy) is 2. The van der Waals surface area contributed by atoms with Crippen LogP contribution in [0, 0.1) is 20.8 Å². The van der Waals surface area contributed by atoms with Gasteiger partial charge in [-0.1, -0.05) is 35.9 Å². The smallest absolute Gasteiger partial charge is 0.255 e. The summed E-state index contributed by atoms with van der Waals surface area (Å²) in [6.07, 6.45) is 0. The van der Waals surface area contributed by atoms with E-state index in [0.717, 1.165) is 22.3 Å². The summed E-state index contributed by atoms with van der Waals surface area (Å²) in [5.41, 5.74) is 5.28. The molecule has 0 unspecified atom stereocenters. The third kappa shape index (κ3) is 4.16. The fourth-order valence-corrected chi connectivity index (χ4v) is 4.11. The first-order valence-electron chi connectivity index (χ1n) is 10.8. The maximum atomic E-state index is 14.0. The van der Waals surface area contributed by atoms with Gasteiger partial charge in [0.1, 0.15) is 24.1 Å². The molecule has 1 saturated heterocycles. The number of amides is 2. The van der Waals surface area contributed by atoms with Gasteiger partial charge in [-0.2, -0.15) is 0 Å². The fourth-order valence-electron chi connectivity index (χ4n) is 4.11. The zero-order valence-electron chi connectivity index (χ0n) is 19.6. The van der Waals surface area contributed by atoms with Gasteiger partial charge in [0.05, 0.1) is 19.9 Å². The van der Waals surface area contributed by atoms with Crippen molar-refractivity contribution in [3.63, 3.8) is 0 Å². The molecule has 2 amide bonds. The Labute approximate surface area is 194 Å². The van der Waals surface area contributed by atoms with Crippen LogP contribution in [0.15, 0.2) is 60.7 Å². The number of methoxy groups -OCH3 is 2. The molecule has 0 aliphatic carbocycles. The van der Waals surface area contributed by atoms with E-state index in [9.17, 15) is 9.59 Å². The maximum Gasteiger partial charge on any atom is 0.255 e. The second-order valence-corrected chi connectivity index (χ2v) is 8.31. The number of aryl methyl sites for hydroxylation is 3. The van der Waals surface area contributed by atoms with Gasteiger partial charge in [-0.05, 0) is 61.7 Å². The van der Waals surface area contributed by atoms with Gasteiger partial charge < -0.3 is 9.47 Å². The molecule has 0 bridgehead atoms. The van der Waals surface area contributed by atoms with Gasteiger partial charge in [-0.15, -0.1) is 0 Å². The van der Waals surface area contributed by atoms with Crippen LogP contribution in [0.4, 0.5) is 11.4 Å². The van der Waals surface area contributed by atoms with Crippen molar-refractivity contribution in [3.05, 3.63) is 82.9 Å². The minimum Gasteiger partial charge on any atom is -0.497 e. The number of hydrogen-bond donors (Lipinski definition) is 0. The molecular weight excluding hydrogens is 416 g/mol. The van der Waals surface area contributed by atoms with Crippen LogP contribution in [-0.2, 0) is 9.59 Å². The Hall–Kier alpha value is -3.80. The molecule has 170 valence electrons. The van der Waals surface area contributed by atoms with Crippen LogP contribution in [0.5, 0.6) is 11.5 Å². The molecule has 0 N–H and O–H groups in total. The number of nitrogens with zero attached hydrogens (tertiary/aromatic N) is 2. The van der Waals surface area contributed by atoms with Crippen molar-refractivity contribution in [3.8, 4) is 11.5 Å². The van der Waals surface area contributed by atoms with E-state index in [2.05, 4.69) is 0 Å². The van der Waals surface area contributed by atoms with Crippen LogP contribution in [0.25, 0.3) is 0 Å². The molecule has 33 heavy (non-hydrogen) atoms. The van der Waals surface area contributed by atoms with E-state index in [4.69, 9.17) is 9.47 Å². The second kappa shape index (κ2) is 8.98. The molecule has 4 rings (SSSR count). The first-order chi connectivity index (χ1) is 15.8. The van der Waals surface area contributed by atoms with Crippen molar-refractivity contribution >= 4 is 23.2 Å². The number of rotatable bonds is 5. The van der Waals surface area contributed by atoms with E-state index in [0.29, 0.717) is 22.9 Å². The molecule has 1 atom stereocenters. The van der Waals surface area contributed by atoms with Crippen molar-refractivity contribution in [1.29, 1.82) is 0 Å². The average molecular weight is 445 g/mol. The Kier molecular flexibility index (Phi) is 6.09. The number of carbonyl (C=O) groups is 2. The highest BCUT2D eigenvalue weighted by Gasteiger charge is 2.42. The minimum absolute atomic E-state index is 0.0865. The van der Waals surface area contributed by atoms with Gasteiger partial charge in [0.15, 0.2) is 0 Å². The zero-order valence-corrected chi connectivity index (χ0v) is 19.6. The van der Waals surface area contributed by atoms with Gasteiger partial charge in [-0.3, -0.25) is 19.4 Å². The molecule has 0 saturated carbocycles. The number of benzene rings is 3. The molecule has 0 aromatic heterocycles. The highest BCUT2D eigenvalue weighted by atomic mass is 16.5. The maximum absolute atomic E-state index is 14.0. The Morgan fingerprint density at radius 3 is 2.18 bits per heavy atom. The predicted molar refractivity (Wildman–Crippen MR) is 129 cm³/mol. The standard InChI is InChI=1S/C27H28N2O4/c1-17-6-9-20(10-7-17)26-27(31)28(23-13-12-22(32-4)15-24(23)33-5)16-25(30)29(26)21-11-8-18(2)19(3)14-21/h6-15,26H,16H2,1-5H3/t26-/m0/s1.